The third-order valence-corrected chi connectivity index (χ3v) is 5.80. The fraction of sp³-hybridized carbons (Fsp3) is 0.250. The van der Waals surface area contributed by atoms with Crippen LogP contribution in [-0.4, -0.2) is 29.1 Å². The number of hydrogen-bond donors (Lipinski definition) is 0. The summed E-state index contributed by atoms with van der Waals surface area (Å²) >= 11 is 3.40. The van der Waals surface area contributed by atoms with Crippen molar-refractivity contribution in [3.8, 4) is 10.7 Å². The Labute approximate surface area is 146 Å². The number of thiophene rings is 1. The van der Waals surface area contributed by atoms with E-state index < -0.39 is 0 Å². The lowest BCUT2D eigenvalue weighted by Crippen LogP contribution is -1.99. The van der Waals surface area contributed by atoms with Gasteiger partial charge in [0.2, 0.25) is 5.78 Å². The predicted octanol–water partition coefficient (Wildman–Crippen LogP) is 3.68. The van der Waals surface area contributed by atoms with Crippen molar-refractivity contribution in [3.63, 3.8) is 0 Å². The van der Waals surface area contributed by atoms with Crippen molar-refractivity contribution in [1.29, 1.82) is 0 Å². The Bertz CT molecular complexity index is 950. The highest BCUT2D eigenvalue weighted by Crippen LogP contribution is 2.42. The molecule has 0 amide bonds. The minimum absolute atomic E-state index is 0.544. The molecule has 24 heavy (non-hydrogen) atoms. The summed E-state index contributed by atoms with van der Waals surface area (Å²) in [5.41, 5.74) is 1.00. The summed E-state index contributed by atoms with van der Waals surface area (Å²) in [6, 6.07) is 6.61. The largest absolute Gasteiger partial charge is 0.298 e. The molecule has 4 heterocycles. The molecule has 4 aromatic heterocycles. The smallest absolute Gasteiger partial charge is 0.233 e. The van der Waals surface area contributed by atoms with Gasteiger partial charge in [-0.3, -0.25) is 8.97 Å². The SMILES string of the molecule is c1csc(-c2nnc(SCc3cn4cccnc4n3)n2C2CC2)c1. The first kappa shape index (κ1) is 14.2. The molecule has 120 valence electrons. The van der Waals surface area contributed by atoms with E-state index in [4.69, 9.17) is 0 Å². The van der Waals surface area contributed by atoms with Gasteiger partial charge in [-0.2, -0.15) is 0 Å². The van der Waals surface area contributed by atoms with E-state index in [2.05, 4.69) is 42.2 Å². The van der Waals surface area contributed by atoms with Crippen molar-refractivity contribution in [2.45, 2.75) is 29.8 Å². The molecule has 1 saturated carbocycles. The molecule has 5 rings (SSSR count). The van der Waals surface area contributed by atoms with Crippen LogP contribution in [0.2, 0.25) is 0 Å². The highest BCUT2D eigenvalue weighted by molar-refractivity contribution is 7.98. The number of nitrogens with zero attached hydrogens (tertiary/aromatic N) is 6. The Morgan fingerprint density at radius 1 is 1.25 bits per heavy atom. The second-order valence-corrected chi connectivity index (χ2v) is 7.62. The fourth-order valence-corrected chi connectivity index (χ4v) is 4.29. The van der Waals surface area contributed by atoms with Crippen molar-refractivity contribution in [2.75, 3.05) is 0 Å². The van der Waals surface area contributed by atoms with Crippen LogP contribution < -0.4 is 0 Å². The molecular weight excluding hydrogens is 340 g/mol. The first-order chi connectivity index (χ1) is 11.9. The number of aromatic nitrogens is 6. The molecule has 1 aliphatic carbocycles. The number of hydrogen-bond acceptors (Lipinski definition) is 6. The average Bonchev–Trinajstić information content (AvgIpc) is 3.05. The summed E-state index contributed by atoms with van der Waals surface area (Å²) in [7, 11) is 0. The lowest BCUT2D eigenvalue weighted by atomic mass is 10.4. The molecular formula is C16H14N6S2. The monoisotopic (exact) mass is 354 g/mol. The molecule has 0 saturated heterocycles. The maximum absolute atomic E-state index is 4.55. The molecule has 6 nitrogen and oxygen atoms in total. The van der Waals surface area contributed by atoms with Gasteiger partial charge in [-0.15, -0.1) is 21.5 Å². The van der Waals surface area contributed by atoms with Gasteiger partial charge in [-0.25, -0.2) is 9.97 Å². The molecule has 1 aliphatic rings. The Morgan fingerprint density at radius 3 is 3.00 bits per heavy atom. The van der Waals surface area contributed by atoms with Crippen LogP contribution in [0.3, 0.4) is 0 Å². The van der Waals surface area contributed by atoms with Gasteiger partial charge < -0.3 is 0 Å². The Morgan fingerprint density at radius 2 is 2.21 bits per heavy atom. The number of rotatable bonds is 5. The Kier molecular flexibility index (Phi) is 3.37. The molecule has 1 fully saturated rings. The van der Waals surface area contributed by atoms with E-state index >= 15 is 0 Å². The van der Waals surface area contributed by atoms with Crippen LogP contribution in [0.25, 0.3) is 16.5 Å². The van der Waals surface area contributed by atoms with Crippen LogP contribution in [0.4, 0.5) is 0 Å². The van der Waals surface area contributed by atoms with Crippen molar-refractivity contribution in [2.24, 2.45) is 0 Å². The van der Waals surface area contributed by atoms with Gasteiger partial charge in [-0.1, -0.05) is 17.8 Å². The van der Waals surface area contributed by atoms with Crippen LogP contribution in [0, 0.1) is 0 Å². The van der Waals surface area contributed by atoms with Crippen LogP contribution >= 0.6 is 23.1 Å². The molecule has 0 aromatic carbocycles. The molecule has 0 aliphatic heterocycles. The molecule has 0 atom stereocenters. The maximum atomic E-state index is 4.55. The summed E-state index contributed by atoms with van der Waals surface area (Å²) in [6.07, 6.45) is 8.17. The first-order valence-electron chi connectivity index (χ1n) is 7.79. The quantitative estimate of drug-likeness (QED) is 0.512. The highest BCUT2D eigenvalue weighted by Gasteiger charge is 2.30. The van der Waals surface area contributed by atoms with Crippen LogP contribution in [-0.2, 0) is 5.75 Å². The average molecular weight is 354 g/mol. The van der Waals surface area contributed by atoms with E-state index in [0.717, 1.165) is 28.2 Å². The third kappa shape index (κ3) is 2.51. The van der Waals surface area contributed by atoms with E-state index in [1.54, 1.807) is 29.3 Å². The standard InChI is InChI=1S/C16H14N6S2/c1-3-13(23-8-1)14-19-20-16(22(14)12-4-5-12)24-10-11-9-21-7-2-6-17-15(21)18-11/h1-3,6-9,12H,4-5,10H2. The Balaban J connectivity index is 1.43. The minimum Gasteiger partial charge on any atom is -0.298 e. The second-order valence-electron chi connectivity index (χ2n) is 5.73. The third-order valence-electron chi connectivity index (χ3n) is 3.95. The molecule has 0 spiro atoms. The molecule has 0 unspecified atom stereocenters. The molecule has 4 aromatic rings. The first-order valence-corrected chi connectivity index (χ1v) is 9.65. The van der Waals surface area contributed by atoms with Gasteiger partial charge >= 0.3 is 0 Å². The summed E-state index contributed by atoms with van der Waals surface area (Å²) in [4.78, 5) is 9.99. The van der Waals surface area contributed by atoms with Gasteiger partial charge in [0.1, 0.15) is 0 Å². The summed E-state index contributed by atoms with van der Waals surface area (Å²) < 4.78 is 4.24. The number of imidazole rings is 1. The van der Waals surface area contributed by atoms with Crippen LogP contribution in [0.15, 0.2) is 47.3 Å². The van der Waals surface area contributed by atoms with E-state index in [0.29, 0.717) is 6.04 Å². The maximum Gasteiger partial charge on any atom is 0.233 e. The summed E-state index contributed by atoms with van der Waals surface area (Å²) in [5.74, 6) is 2.49. The lowest BCUT2D eigenvalue weighted by molar-refractivity contribution is 0.670. The van der Waals surface area contributed by atoms with Gasteiger partial charge in [-0.05, 0) is 30.4 Å². The normalized spacial score (nSPS) is 14.5. The summed E-state index contributed by atoms with van der Waals surface area (Å²) in [5, 5.41) is 11.9. The van der Waals surface area contributed by atoms with Crippen molar-refractivity contribution in [1.82, 2.24) is 29.1 Å². The number of thioether (sulfide) groups is 1. The number of fused-ring (bicyclic) bond motifs is 1. The van der Waals surface area contributed by atoms with Crippen molar-refractivity contribution < 1.29 is 0 Å². The summed E-state index contributed by atoms with van der Waals surface area (Å²) in [6.45, 7) is 0. The predicted molar refractivity (Wildman–Crippen MR) is 94.2 cm³/mol. The minimum atomic E-state index is 0.544. The fourth-order valence-electron chi connectivity index (χ4n) is 2.70. The zero-order valence-electron chi connectivity index (χ0n) is 12.7. The van der Waals surface area contributed by atoms with Crippen molar-refractivity contribution >= 4 is 28.9 Å². The van der Waals surface area contributed by atoms with Crippen LogP contribution in [0.5, 0.6) is 0 Å². The molecule has 8 heteroatoms. The highest BCUT2D eigenvalue weighted by atomic mass is 32.2. The van der Waals surface area contributed by atoms with E-state index in [1.807, 2.05) is 22.9 Å². The van der Waals surface area contributed by atoms with E-state index in [9.17, 15) is 0 Å². The molecule has 0 radical (unpaired) electrons. The van der Waals surface area contributed by atoms with Crippen LogP contribution in [0.1, 0.15) is 24.6 Å². The van der Waals surface area contributed by atoms with Gasteiger partial charge in [0, 0.05) is 30.4 Å². The van der Waals surface area contributed by atoms with Crippen molar-refractivity contribution in [3.05, 3.63) is 47.9 Å². The van der Waals surface area contributed by atoms with Gasteiger partial charge in [0.05, 0.1) is 10.6 Å². The second kappa shape index (κ2) is 5.71. The zero-order valence-corrected chi connectivity index (χ0v) is 14.4. The van der Waals surface area contributed by atoms with Gasteiger partial charge in [0.25, 0.3) is 0 Å². The molecule has 0 bridgehead atoms. The molecule has 0 N–H and O–H groups in total. The van der Waals surface area contributed by atoms with E-state index in [1.165, 1.54) is 17.7 Å². The lowest BCUT2D eigenvalue weighted by Gasteiger charge is -2.06. The van der Waals surface area contributed by atoms with E-state index in [-0.39, 0.29) is 0 Å². The van der Waals surface area contributed by atoms with Gasteiger partial charge in [0.15, 0.2) is 11.0 Å². The topological polar surface area (TPSA) is 60.9 Å². The Hall–Kier alpha value is -2.19. The zero-order chi connectivity index (χ0) is 15.9.